The van der Waals surface area contributed by atoms with E-state index < -0.39 is 15.8 Å². The first-order valence-electron chi connectivity index (χ1n) is 13.5. The molecule has 40 heavy (non-hydrogen) atoms. The molecule has 4 rings (SSSR count). The summed E-state index contributed by atoms with van der Waals surface area (Å²) in [6, 6.07) is 19.3. The second-order valence-electron chi connectivity index (χ2n) is 9.93. The van der Waals surface area contributed by atoms with E-state index in [2.05, 4.69) is 0 Å². The molecule has 214 valence electrons. The van der Waals surface area contributed by atoms with Crippen LogP contribution in [0.25, 0.3) is 10.8 Å². The van der Waals surface area contributed by atoms with Gasteiger partial charge in [0.2, 0.25) is 15.9 Å². The van der Waals surface area contributed by atoms with Crippen LogP contribution in [0.4, 0.5) is 4.39 Å². The van der Waals surface area contributed by atoms with E-state index in [-0.39, 0.29) is 49.9 Å². The number of hydrogen-bond acceptors (Lipinski definition) is 5. The number of piperidine rings is 1. The van der Waals surface area contributed by atoms with Crippen LogP contribution in [0.2, 0.25) is 0 Å². The fourth-order valence-electron chi connectivity index (χ4n) is 5.15. The van der Waals surface area contributed by atoms with E-state index >= 15 is 0 Å². The average Bonchev–Trinajstić information content (AvgIpc) is 2.97. The highest BCUT2D eigenvalue weighted by molar-refractivity contribution is 7.89. The molecule has 0 spiro atoms. The molecule has 0 aromatic heterocycles. The summed E-state index contributed by atoms with van der Waals surface area (Å²) in [7, 11) is -2.17. The van der Waals surface area contributed by atoms with Crippen molar-refractivity contribution in [1.29, 1.82) is 0 Å². The number of sulfonamides is 1. The van der Waals surface area contributed by atoms with Crippen molar-refractivity contribution in [2.75, 3.05) is 45.6 Å². The van der Waals surface area contributed by atoms with Gasteiger partial charge in [0.15, 0.2) is 0 Å². The lowest BCUT2D eigenvalue weighted by molar-refractivity contribution is -0.135. The number of carbonyl (C=O) groups excluding carboxylic acids is 2. The molecule has 3 aromatic carbocycles. The minimum Gasteiger partial charge on any atom is -0.383 e. The number of methoxy groups -OCH3 is 1. The second-order valence-corrected chi connectivity index (χ2v) is 12.2. The number of hydrogen-bond donors (Lipinski definition) is 0. The van der Waals surface area contributed by atoms with E-state index in [1.54, 1.807) is 21.9 Å². The summed E-state index contributed by atoms with van der Waals surface area (Å²) >= 11 is 0. The van der Waals surface area contributed by atoms with Gasteiger partial charge in [0.25, 0.3) is 5.91 Å². The highest BCUT2D eigenvalue weighted by atomic mass is 32.2. The summed E-state index contributed by atoms with van der Waals surface area (Å²) in [4.78, 5) is 30.6. The molecule has 1 heterocycles. The molecule has 3 aromatic rings. The number of amides is 2. The lowest BCUT2D eigenvalue weighted by atomic mass is 9.99. The van der Waals surface area contributed by atoms with Crippen LogP contribution in [0.5, 0.6) is 0 Å². The molecular formula is C30H36FN3O5S. The van der Waals surface area contributed by atoms with Gasteiger partial charge in [0.1, 0.15) is 5.82 Å². The van der Waals surface area contributed by atoms with E-state index in [9.17, 15) is 22.4 Å². The largest absolute Gasteiger partial charge is 0.383 e. The first-order valence-corrected chi connectivity index (χ1v) is 15.1. The summed E-state index contributed by atoms with van der Waals surface area (Å²) in [5.74, 6) is -0.965. The van der Waals surface area contributed by atoms with E-state index in [4.69, 9.17) is 4.74 Å². The summed E-state index contributed by atoms with van der Waals surface area (Å²) in [6.45, 7) is 2.45. The molecule has 0 aliphatic carbocycles. The van der Waals surface area contributed by atoms with Gasteiger partial charge in [-0.1, -0.05) is 48.5 Å². The molecule has 0 saturated carbocycles. The Morgan fingerprint density at radius 2 is 1.73 bits per heavy atom. The Hall–Kier alpha value is -3.34. The summed E-state index contributed by atoms with van der Waals surface area (Å²) < 4.78 is 45.6. The van der Waals surface area contributed by atoms with Gasteiger partial charge in [-0.05, 0) is 54.3 Å². The highest BCUT2D eigenvalue weighted by Crippen LogP contribution is 2.25. The van der Waals surface area contributed by atoms with Gasteiger partial charge in [-0.2, -0.15) is 4.31 Å². The average molecular weight is 570 g/mol. The topological polar surface area (TPSA) is 87.2 Å². The van der Waals surface area contributed by atoms with Crippen LogP contribution in [-0.2, 0) is 26.1 Å². The van der Waals surface area contributed by atoms with Crippen LogP contribution in [0.15, 0.2) is 66.7 Å². The Balaban J connectivity index is 1.52. The lowest BCUT2D eigenvalue weighted by Crippen LogP contribution is -2.51. The molecule has 1 fully saturated rings. The molecule has 8 nitrogen and oxygen atoms in total. The number of nitrogens with zero attached hydrogens (tertiary/aromatic N) is 3. The maximum absolute atomic E-state index is 14.0. The van der Waals surface area contributed by atoms with Crippen molar-refractivity contribution < 1.29 is 27.1 Å². The van der Waals surface area contributed by atoms with Gasteiger partial charge in [-0.15, -0.1) is 0 Å². The predicted octanol–water partition coefficient (Wildman–Crippen LogP) is 3.91. The number of halogens is 1. The van der Waals surface area contributed by atoms with Crippen molar-refractivity contribution in [3.8, 4) is 0 Å². The van der Waals surface area contributed by atoms with Crippen LogP contribution >= 0.6 is 0 Å². The third kappa shape index (κ3) is 7.04. The van der Waals surface area contributed by atoms with Crippen molar-refractivity contribution in [2.45, 2.75) is 32.4 Å². The molecule has 2 amide bonds. The molecule has 1 saturated heterocycles. The fourth-order valence-corrected chi connectivity index (χ4v) is 6.17. The van der Waals surface area contributed by atoms with Gasteiger partial charge in [-0.3, -0.25) is 9.59 Å². The lowest BCUT2D eigenvalue weighted by Gasteiger charge is -2.39. The Morgan fingerprint density at radius 1 is 1.02 bits per heavy atom. The minimum absolute atomic E-state index is 0.0574. The number of ether oxygens (including phenoxy) is 1. The number of fused-ring (bicyclic) bond motifs is 1. The molecule has 10 heteroatoms. The molecule has 0 unspecified atom stereocenters. The zero-order valence-electron chi connectivity index (χ0n) is 23.0. The first kappa shape index (κ1) is 29.6. The second kappa shape index (κ2) is 13.3. The number of benzene rings is 3. The number of carbonyl (C=O) groups is 2. The van der Waals surface area contributed by atoms with Gasteiger partial charge in [0.05, 0.1) is 18.9 Å². The van der Waals surface area contributed by atoms with Crippen LogP contribution < -0.4 is 0 Å². The molecule has 1 aliphatic heterocycles. The molecule has 1 aliphatic rings. The summed E-state index contributed by atoms with van der Waals surface area (Å²) in [5.41, 5.74) is 1.26. The third-order valence-electron chi connectivity index (χ3n) is 7.39. The molecule has 0 atom stereocenters. The van der Waals surface area contributed by atoms with Crippen molar-refractivity contribution >= 4 is 32.6 Å². The van der Waals surface area contributed by atoms with Gasteiger partial charge in [-0.25, -0.2) is 12.8 Å². The van der Waals surface area contributed by atoms with E-state index in [1.807, 2.05) is 42.5 Å². The molecular weight excluding hydrogens is 533 g/mol. The van der Waals surface area contributed by atoms with Crippen LogP contribution in [0, 0.1) is 5.82 Å². The summed E-state index contributed by atoms with van der Waals surface area (Å²) in [6.07, 6.45) is 1.05. The van der Waals surface area contributed by atoms with Crippen LogP contribution in [0.1, 0.15) is 35.7 Å². The molecule has 0 bridgehead atoms. The van der Waals surface area contributed by atoms with Crippen molar-refractivity contribution in [1.82, 2.24) is 14.1 Å². The van der Waals surface area contributed by atoms with Gasteiger partial charge < -0.3 is 14.5 Å². The van der Waals surface area contributed by atoms with E-state index in [0.717, 1.165) is 15.1 Å². The Bertz CT molecular complexity index is 1430. The third-order valence-corrected chi connectivity index (χ3v) is 9.22. The van der Waals surface area contributed by atoms with Crippen molar-refractivity contribution in [3.63, 3.8) is 0 Å². The Kier molecular flexibility index (Phi) is 9.89. The predicted molar refractivity (Wildman–Crippen MR) is 153 cm³/mol. The van der Waals surface area contributed by atoms with Crippen molar-refractivity contribution in [3.05, 3.63) is 83.7 Å². The minimum atomic E-state index is -3.65. The zero-order chi connectivity index (χ0) is 28.7. The number of likely N-dealkylation sites (tertiary alicyclic amines) is 1. The maximum atomic E-state index is 14.0. The summed E-state index contributed by atoms with van der Waals surface area (Å²) in [5, 5.41) is 1.89. The number of rotatable bonds is 11. The van der Waals surface area contributed by atoms with Crippen molar-refractivity contribution in [2.24, 2.45) is 0 Å². The Labute approximate surface area is 235 Å². The Morgan fingerprint density at radius 3 is 2.42 bits per heavy atom. The van der Waals surface area contributed by atoms with Gasteiger partial charge in [0, 0.05) is 44.9 Å². The quantitative estimate of drug-likeness (QED) is 0.350. The van der Waals surface area contributed by atoms with E-state index in [1.165, 1.54) is 26.2 Å². The van der Waals surface area contributed by atoms with Crippen LogP contribution in [0.3, 0.4) is 0 Å². The van der Waals surface area contributed by atoms with Gasteiger partial charge >= 0.3 is 0 Å². The monoisotopic (exact) mass is 569 g/mol. The SMILES string of the molecule is CCS(=O)(=O)N(CCOC)CC(=O)N(Cc1cccc(F)c1)C1CCN(C(=O)c2cccc3ccccc23)CC1. The first-order chi connectivity index (χ1) is 19.2. The molecule has 0 N–H and O–H groups in total. The normalized spacial score (nSPS) is 14.6. The highest BCUT2D eigenvalue weighted by Gasteiger charge is 2.33. The molecule has 0 radical (unpaired) electrons. The standard InChI is InChI=1S/C30H36FN3O5S/c1-3-40(37,38)33(18-19-39-2)22-29(35)34(21-23-8-6-11-25(31)20-23)26-14-16-32(17-15-26)30(36)28-13-7-10-24-9-4-5-12-27(24)28/h4-13,20,26H,3,14-19,21-22H2,1-2H3. The van der Waals surface area contributed by atoms with Crippen LogP contribution in [-0.4, -0.2) is 86.0 Å². The van der Waals surface area contributed by atoms with E-state index in [0.29, 0.717) is 37.1 Å². The fraction of sp³-hybridized carbons (Fsp3) is 0.400. The smallest absolute Gasteiger partial charge is 0.254 e. The zero-order valence-corrected chi connectivity index (χ0v) is 23.8. The maximum Gasteiger partial charge on any atom is 0.254 e.